The van der Waals surface area contributed by atoms with Gasteiger partial charge in [0, 0.05) is 25.6 Å². The molecule has 0 bridgehead atoms. The summed E-state index contributed by atoms with van der Waals surface area (Å²) in [5.41, 5.74) is 13.0. The average Bonchev–Trinajstić information content (AvgIpc) is 3.73. The van der Waals surface area contributed by atoms with E-state index in [4.69, 9.17) is 0 Å². The van der Waals surface area contributed by atoms with Gasteiger partial charge in [-0.15, -0.1) is 11.3 Å². The van der Waals surface area contributed by atoms with Gasteiger partial charge in [-0.25, -0.2) is 0 Å². The van der Waals surface area contributed by atoms with Crippen LogP contribution in [0.25, 0.3) is 108 Å². The molecule has 1 heteroatoms. The minimum atomic E-state index is -0.0995. The van der Waals surface area contributed by atoms with Crippen molar-refractivity contribution in [1.82, 2.24) is 0 Å². The van der Waals surface area contributed by atoms with Crippen molar-refractivity contribution in [3.63, 3.8) is 0 Å². The fraction of sp³-hybridized carbons (Fsp3) is 0.0545. The van der Waals surface area contributed by atoms with Crippen LogP contribution in [0.1, 0.15) is 25.0 Å². The lowest BCUT2D eigenvalue weighted by atomic mass is 9.81. The Bertz CT molecular complexity index is 3370. The Morgan fingerprint density at radius 3 is 1.59 bits per heavy atom. The standard InChI is InChI=1S/C55H36S/c1-55(2)48-30-38(25-27-41(48)46-31-47-51(32-49(46)55)56-50-28-26-35-12-5-6-14-40(35)54(47)50)34-19-22-36(23-20-34)52-42-15-7-9-17-44(42)53(45-18-10-8-16-43(45)52)39-24-21-33-11-3-4-13-37(33)29-39/h3-32H,1-2H3. The molecule has 0 amide bonds. The summed E-state index contributed by atoms with van der Waals surface area (Å²) in [5.74, 6) is 0. The molecule has 1 aliphatic rings. The maximum atomic E-state index is 2.48. The Labute approximate surface area is 329 Å². The lowest BCUT2D eigenvalue weighted by Gasteiger charge is -2.22. The van der Waals surface area contributed by atoms with Crippen molar-refractivity contribution in [2.45, 2.75) is 19.3 Å². The summed E-state index contributed by atoms with van der Waals surface area (Å²) < 4.78 is 2.73. The van der Waals surface area contributed by atoms with Crippen LogP contribution in [-0.2, 0) is 5.41 Å². The van der Waals surface area contributed by atoms with Gasteiger partial charge in [0.2, 0.25) is 0 Å². The van der Waals surface area contributed by atoms with Crippen molar-refractivity contribution in [2.75, 3.05) is 0 Å². The zero-order chi connectivity index (χ0) is 37.1. The Morgan fingerprint density at radius 1 is 0.339 bits per heavy atom. The molecule has 0 fully saturated rings. The van der Waals surface area contributed by atoms with Crippen LogP contribution in [0.3, 0.4) is 0 Å². The molecule has 0 nitrogen and oxygen atoms in total. The molecule has 0 aliphatic heterocycles. The van der Waals surface area contributed by atoms with Gasteiger partial charge in [-0.05, 0) is 129 Å². The Morgan fingerprint density at radius 2 is 0.875 bits per heavy atom. The quantitative estimate of drug-likeness (QED) is 0.159. The topological polar surface area (TPSA) is 0 Å². The van der Waals surface area contributed by atoms with Crippen molar-refractivity contribution in [2.24, 2.45) is 0 Å². The highest BCUT2D eigenvalue weighted by Gasteiger charge is 2.36. The summed E-state index contributed by atoms with van der Waals surface area (Å²) in [5, 5.41) is 13.0. The van der Waals surface area contributed by atoms with E-state index in [2.05, 4.69) is 196 Å². The Balaban J connectivity index is 0.969. The third kappa shape index (κ3) is 4.53. The molecule has 0 N–H and O–H groups in total. The molecule has 10 aromatic carbocycles. The van der Waals surface area contributed by atoms with Crippen LogP contribution in [0.15, 0.2) is 182 Å². The smallest absolute Gasteiger partial charge is 0.0361 e. The van der Waals surface area contributed by atoms with E-state index < -0.39 is 0 Å². The molecular formula is C55H36S. The number of thiophene rings is 1. The van der Waals surface area contributed by atoms with Crippen LogP contribution in [0.2, 0.25) is 0 Å². The SMILES string of the molecule is CC1(C)c2cc(-c3ccc(-c4c5ccccc5c(-c5ccc6ccccc6c5)c5ccccc45)cc3)ccc2-c2cc3c(cc21)sc1ccc2ccccc2c13. The Hall–Kier alpha value is -6.54. The van der Waals surface area contributed by atoms with Gasteiger partial charge < -0.3 is 0 Å². The van der Waals surface area contributed by atoms with Crippen LogP contribution >= 0.6 is 11.3 Å². The van der Waals surface area contributed by atoms with Crippen molar-refractivity contribution in [1.29, 1.82) is 0 Å². The van der Waals surface area contributed by atoms with E-state index in [-0.39, 0.29) is 5.41 Å². The normalized spacial score (nSPS) is 13.3. The van der Waals surface area contributed by atoms with Crippen LogP contribution in [0.5, 0.6) is 0 Å². The predicted molar refractivity (Wildman–Crippen MR) is 243 cm³/mol. The molecule has 0 unspecified atom stereocenters. The monoisotopic (exact) mass is 728 g/mol. The predicted octanol–water partition coefficient (Wildman–Crippen LogP) is 16.0. The van der Waals surface area contributed by atoms with Gasteiger partial charge in [-0.3, -0.25) is 0 Å². The lowest BCUT2D eigenvalue weighted by Crippen LogP contribution is -2.14. The molecular weight excluding hydrogens is 693 g/mol. The van der Waals surface area contributed by atoms with Crippen LogP contribution in [0.4, 0.5) is 0 Å². The maximum Gasteiger partial charge on any atom is 0.0361 e. The number of hydrogen-bond donors (Lipinski definition) is 0. The van der Waals surface area contributed by atoms with Crippen LogP contribution < -0.4 is 0 Å². The first-order valence-corrected chi connectivity index (χ1v) is 20.4. The maximum absolute atomic E-state index is 2.48. The van der Waals surface area contributed by atoms with Gasteiger partial charge in [0.1, 0.15) is 0 Å². The summed E-state index contributed by atoms with van der Waals surface area (Å²) in [7, 11) is 0. The zero-order valence-electron chi connectivity index (χ0n) is 31.2. The zero-order valence-corrected chi connectivity index (χ0v) is 32.0. The van der Waals surface area contributed by atoms with Crippen LogP contribution in [0, 0.1) is 0 Å². The second-order valence-corrected chi connectivity index (χ2v) is 17.1. The summed E-state index contributed by atoms with van der Waals surface area (Å²) in [6, 6.07) is 68.2. The molecule has 56 heavy (non-hydrogen) atoms. The van der Waals surface area contributed by atoms with E-state index in [9.17, 15) is 0 Å². The highest BCUT2D eigenvalue weighted by molar-refractivity contribution is 7.26. The number of fused-ring (bicyclic) bond motifs is 11. The highest BCUT2D eigenvalue weighted by Crippen LogP contribution is 2.53. The summed E-state index contributed by atoms with van der Waals surface area (Å²) >= 11 is 1.92. The lowest BCUT2D eigenvalue weighted by molar-refractivity contribution is 0.661. The van der Waals surface area contributed by atoms with Crippen molar-refractivity contribution < 1.29 is 0 Å². The largest absolute Gasteiger partial charge is 0.135 e. The van der Waals surface area contributed by atoms with Crippen molar-refractivity contribution >= 4 is 74.6 Å². The highest BCUT2D eigenvalue weighted by atomic mass is 32.1. The molecule has 0 radical (unpaired) electrons. The molecule has 1 aromatic heterocycles. The fourth-order valence-electron chi connectivity index (χ4n) is 9.88. The fourth-order valence-corrected chi connectivity index (χ4v) is 11.0. The van der Waals surface area contributed by atoms with E-state index in [1.165, 1.54) is 119 Å². The molecule has 1 aliphatic carbocycles. The molecule has 0 spiro atoms. The van der Waals surface area contributed by atoms with E-state index in [0.717, 1.165) is 0 Å². The summed E-state index contributed by atoms with van der Waals surface area (Å²) in [6.45, 7) is 4.80. The van der Waals surface area contributed by atoms with Gasteiger partial charge in [0.25, 0.3) is 0 Å². The first-order valence-electron chi connectivity index (χ1n) is 19.6. The number of hydrogen-bond acceptors (Lipinski definition) is 1. The molecule has 11 aromatic rings. The van der Waals surface area contributed by atoms with Gasteiger partial charge in [-0.2, -0.15) is 0 Å². The average molecular weight is 729 g/mol. The molecule has 1 heterocycles. The van der Waals surface area contributed by atoms with E-state index in [0.29, 0.717) is 0 Å². The minimum Gasteiger partial charge on any atom is -0.135 e. The van der Waals surface area contributed by atoms with Gasteiger partial charge in [0.05, 0.1) is 0 Å². The third-order valence-corrected chi connectivity index (χ3v) is 13.8. The molecule has 12 rings (SSSR count). The number of benzene rings is 10. The van der Waals surface area contributed by atoms with E-state index in [1.54, 1.807) is 0 Å². The van der Waals surface area contributed by atoms with Gasteiger partial charge >= 0.3 is 0 Å². The molecule has 262 valence electrons. The van der Waals surface area contributed by atoms with Gasteiger partial charge in [0.15, 0.2) is 0 Å². The molecule has 0 atom stereocenters. The second kappa shape index (κ2) is 11.7. The van der Waals surface area contributed by atoms with E-state index in [1.807, 2.05) is 11.3 Å². The molecule has 0 saturated heterocycles. The van der Waals surface area contributed by atoms with Crippen molar-refractivity contribution in [3.8, 4) is 44.5 Å². The first kappa shape index (κ1) is 31.8. The summed E-state index contributed by atoms with van der Waals surface area (Å²) in [6.07, 6.45) is 0. The first-order chi connectivity index (χ1) is 27.5. The molecule has 0 saturated carbocycles. The number of rotatable bonds is 3. The Kier molecular flexibility index (Phi) is 6.66. The van der Waals surface area contributed by atoms with E-state index >= 15 is 0 Å². The second-order valence-electron chi connectivity index (χ2n) is 16.0. The third-order valence-electron chi connectivity index (χ3n) is 12.6. The van der Waals surface area contributed by atoms with Gasteiger partial charge in [-0.1, -0.05) is 166 Å². The van der Waals surface area contributed by atoms with Crippen molar-refractivity contribution in [3.05, 3.63) is 193 Å². The minimum absolute atomic E-state index is 0.0995. The summed E-state index contributed by atoms with van der Waals surface area (Å²) in [4.78, 5) is 0. The van der Waals surface area contributed by atoms with Crippen LogP contribution in [-0.4, -0.2) is 0 Å².